The summed E-state index contributed by atoms with van der Waals surface area (Å²) in [4.78, 5) is -9.53. The van der Waals surface area contributed by atoms with E-state index in [4.69, 9.17) is 0 Å². The van der Waals surface area contributed by atoms with Crippen molar-refractivity contribution in [3.05, 3.63) is 0 Å². The molecule has 0 saturated carbocycles. The van der Waals surface area contributed by atoms with Crippen LogP contribution in [0.4, 0.5) is 78.0 Å². The lowest BCUT2D eigenvalue weighted by Gasteiger charge is -2.56. The van der Waals surface area contributed by atoms with Crippen molar-refractivity contribution in [1.82, 2.24) is 9.80 Å². The number of halogens is 18. The minimum absolute atomic E-state index is 4.77. The Bertz CT molecular complexity index is 940. The van der Waals surface area contributed by atoms with E-state index in [0.29, 0.717) is 0 Å². The SMILES string of the molecule is O=S(=O)(F)C(F)(F)C(F)(F)N1C(F)(F)C(F)(F)N(C(F)(F)C(F)(F)S(=O)(=O)F)C(F)(F)C1(F)F. The van der Waals surface area contributed by atoms with E-state index >= 15 is 0 Å². The van der Waals surface area contributed by atoms with Crippen molar-refractivity contribution in [2.75, 3.05) is 0 Å². The van der Waals surface area contributed by atoms with Crippen molar-refractivity contribution >= 4 is 20.4 Å². The highest BCUT2D eigenvalue weighted by Gasteiger charge is 2.96. The molecule has 0 unspecified atom stereocenters. The fourth-order valence-corrected chi connectivity index (χ4v) is 2.92. The first-order valence-electron chi connectivity index (χ1n) is 6.75. The third-order valence-corrected chi connectivity index (χ3v) is 5.44. The number of hydrogen-bond acceptors (Lipinski definition) is 6. The van der Waals surface area contributed by atoms with Crippen molar-refractivity contribution in [1.29, 1.82) is 0 Å². The largest absolute Gasteiger partial charge is 0.451 e. The van der Waals surface area contributed by atoms with Crippen molar-refractivity contribution in [3.8, 4) is 0 Å². The van der Waals surface area contributed by atoms with Crippen molar-refractivity contribution in [2.45, 2.75) is 46.8 Å². The third kappa shape index (κ3) is 3.40. The standard InChI is InChI=1S/C8F18N2O4S2/c9-1(10)2(11,12)28(6(19,20)8(23,24)34(26,31)32)4(15,16)3(13,14)27(1)5(17,18)7(21,22)33(25,29)30. The van der Waals surface area contributed by atoms with Crippen molar-refractivity contribution in [2.24, 2.45) is 0 Å². The highest BCUT2D eigenvalue weighted by Crippen LogP contribution is 2.66. The zero-order valence-corrected chi connectivity index (χ0v) is 15.8. The molecule has 0 amide bonds. The monoisotopic (exact) mass is 594 g/mol. The number of rotatable bonds is 6. The zero-order valence-electron chi connectivity index (χ0n) is 14.1. The molecule has 1 aliphatic heterocycles. The second-order valence-electron chi connectivity index (χ2n) is 5.83. The minimum Gasteiger partial charge on any atom is -0.188 e. The summed E-state index contributed by atoms with van der Waals surface area (Å²) in [5.74, 6) is 0. The molecule has 0 aromatic heterocycles. The number of piperazine rings is 1. The quantitative estimate of drug-likeness (QED) is 0.264. The van der Waals surface area contributed by atoms with Gasteiger partial charge in [-0.15, -0.1) is 9.80 Å². The summed E-state index contributed by atoms with van der Waals surface area (Å²) in [7, 11) is -16.9. The van der Waals surface area contributed by atoms with E-state index in [1.54, 1.807) is 0 Å². The highest BCUT2D eigenvalue weighted by molar-refractivity contribution is 7.87. The van der Waals surface area contributed by atoms with Crippen LogP contribution in [0, 0.1) is 0 Å². The summed E-state index contributed by atoms with van der Waals surface area (Å²) in [6.45, 7) is 0. The Morgan fingerprint density at radius 2 is 0.588 bits per heavy atom. The predicted octanol–water partition coefficient (Wildman–Crippen LogP) is 3.94. The lowest BCUT2D eigenvalue weighted by molar-refractivity contribution is -0.573. The van der Waals surface area contributed by atoms with Gasteiger partial charge in [0.05, 0.1) is 0 Å². The first kappa shape index (κ1) is 30.6. The highest BCUT2D eigenvalue weighted by atomic mass is 32.3. The van der Waals surface area contributed by atoms with Crippen molar-refractivity contribution < 1.29 is 94.9 Å². The Morgan fingerprint density at radius 3 is 0.706 bits per heavy atom. The third-order valence-electron chi connectivity index (χ3n) is 3.72. The van der Waals surface area contributed by atoms with E-state index in [0.717, 1.165) is 0 Å². The molecule has 34 heavy (non-hydrogen) atoms. The first-order valence-corrected chi connectivity index (χ1v) is 9.52. The first-order chi connectivity index (χ1) is 14.2. The fraction of sp³-hybridized carbons (Fsp3) is 1.00. The summed E-state index contributed by atoms with van der Waals surface area (Å²) < 4.78 is 281. The maximum atomic E-state index is 13.7. The maximum Gasteiger partial charge on any atom is 0.451 e. The topological polar surface area (TPSA) is 74.8 Å². The van der Waals surface area contributed by atoms with Crippen LogP contribution in [-0.2, 0) is 20.4 Å². The summed E-state index contributed by atoms with van der Waals surface area (Å²) in [6, 6.07) is -50.6. The van der Waals surface area contributed by atoms with Gasteiger partial charge in [0.2, 0.25) is 0 Å². The molecular weight excluding hydrogens is 594 g/mol. The van der Waals surface area contributed by atoms with Gasteiger partial charge in [-0.1, -0.05) is 7.77 Å². The molecule has 1 aliphatic rings. The van der Waals surface area contributed by atoms with Crippen LogP contribution < -0.4 is 0 Å². The van der Waals surface area contributed by atoms with Gasteiger partial charge in [-0.2, -0.15) is 87.1 Å². The molecule has 0 atom stereocenters. The summed E-state index contributed by atoms with van der Waals surface area (Å²) in [5, 5.41) is -16.1. The molecule has 1 fully saturated rings. The molecule has 0 aliphatic carbocycles. The molecule has 1 saturated heterocycles. The van der Waals surface area contributed by atoms with Crippen LogP contribution >= 0.6 is 0 Å². The molecule has 1 rings (SSSR count). The molecule has 0 radical (unpaired) electrons. The molecule has 1 heterocycles. The van der Waals surface area contributed by atoms with E-state index in [9.17, 15) is 94.9 Å². The molecule has 204 valence electrons. The van der Waals surface area contributed by atoms with Gasteiger partial charge in [0.1, 0.15) is 0 Å². The fourth-order valence-electron chi connectivity index (χ4n) is 2.15. The van der Waals surface area contributed by atoms with Gasteiger partial charge in [-0.3, -0.25) is 0 Å². The Balaban J connectivity index is 4.17. The lowest BCUT2D eigenvalue weighted by Crippen LogP contribution is -2.88. The van der Waals surface area contributed by atoms with E-state index in [1.807, 2.05) is 0 Å². The van der Waals surface area contributed by atoms with E-state index in [1.165, 1.54) is 0 Å². The lowest BCUT2D eigenvalue weighted by atomic mass is 10.1. The van der Waals surface area contributed by atoms with Gasteiger partial charge in [-0.05, 0) is 0 Å². The summed E-state index contributed by atoms with van der Waals surface area (Å²) in [5.41, 5.74) is 0. The van der Waals surface area contributed by atoms with Crippen molar-refractivity contribution in [3.63, 3.8) is 0 Å². The molecular formula is C8F18N2O4S2. The molecule has 0 N–H and O–H groups in total. The molecule has 0 aromatic rings. The van der Waals surface area contributed by atoms with E-state index in [2.05, 4.69) is 0 Å². The van der Waals surface area contributed by atoms with Crippen LogP contribution in [0.5, 0.6) is 0 Å². The van der Waals surface area contributed by atoms with Crippen LogP contribution in [0.3, 0.4) is 0 Å². The summed E-state index contributed by atoms with van der Waals surface area (Å²) in [6.07, 6.45) is 0. The summed E-state index contributed by atoms with van der Waals surface area (Å²) >= 11 is 0. The van der Waals surface area contributed by atoms with Gasteiger partial charge >= 0.3 is 67.2 Å². The van der Waals surface area contributed by atoms with Crippen LogP contribution in [-0.4, -0.2) is 73.4 Å². The number of nitrogens with zero attached hydrogens (tertiary/aromatic N) is 2. The predicted molar refractivity (Wildman–Crippen MR) is 63.3 cm³/mol. The average Bonchev–Trinajstić information content (AvgIpc) is 2.49. The van der Waals surface area contributed by atoms with E-state index in [-0.39, 0.29) is 0 Å². The van der Waals surface area contributed by atoms with Crippen LogP contribution in [0.1, 0.15) is 0 Å². The van der Waals surface area contributed by atoms with Crippen LogP contribution in [0.2, 0.25) is 0 Å². The van der Waals surface area contributed by atoms with Gasteiger partial charge in [-0.25, -0.2) is 0 Å². The second kappa shape index (κ2) is 7.07. The number of alkyl halides is 16. The molecule has 0 bridgehead atoms. The molecule has 0 spiro atoms. The Kier molecular flexibility index (Phi) is 6.36. The maximum absolute atomic E-state index is 13.7. The Hall–Kier alpha value is -1.44. The zero-order chi connectivity index (χ0) is 28.2. The molecule has 6 nitrogen and oxygen atoms in total. The molecule has 0 aromatic carbocycles. The average molecular weight is 594 g/mol. The van der Waals surface area contributed by atoms with Crippen LogP contribution in [0.25, 0.3) is 0 Å². The Morgan fingerprint density at radius 1 is 0.441 bits per heavy atom. The normalized spacial score (nSPS) is 24.8. The number of hydrogen-bond donors (Lipinski definition) is 0. The minimum atomic E-state index is -8.46. The van der Waals surface area contributed by atoms with Gasteiger partial charge in [0, 0.05) is 0 Å². The second-order valence-corrected chi connectivity index (χ2v) is 8.60. The molecule has 26 heteroatoms. The van der Waals surface area contributed by atoms with Gasteiger partial charge in [0.25, 0.3) is 0 Å². The van der Waals surface area contributed by atoms with Crippen LogP contribution in [0.15, 0.2) is 0 Å². The van der Waals surface area contributed by atoms with Gasteiger partial charge in [0.15, 0.2) is 0 Å². The smallest absolute Gasteiger partial charge is 0.188 e. The van der Waals surface area contributed by atoms with E-state index < -0.39 is 77.0 Å². The van der Waals surface area contributed by atoms with Gasteiger partial charge < -0.3 is 0 Å². The Labute approximate surface area is 173 Å².